The fourth-order valence-electron chi connectivity index (χ4n) is 3.08. The minimum atomic E-state index is -4.32. The third kappa shape index (κ3) is 8.13. The molecule has 12 heteroatoms. The van der Waals surface area contributed by atoms with Gasteiger partial charge in [0.05, 0.1) is 43.2 Å². The molecule has 3 rings (SSSR count). The molecule has 0 atom stereocenters. The van der Waals surface area contributed by atoms with Crippen LogP contribution >= 0.6 is 23.5 Å². The molecule has 7 nitrogen and oxygen atoms in total. The van der Waals surface area contributed by atoms with E-state index in [2.05, 4.69) is 14.7 Å². The normalized spacial score (nSPS) is 11.8. The number of aromatic nitrogens is 3. The smallest absolute Gasteiger partial charge is 0.420 e. The lowest BCUT2D eigenvalue weighted by Gasteiger charge is -2.11. The molecule has 2 heterocycles. The first kappa shape index (κ1) is 27.3. The van der Waals surface area contributed by atoms with Gasteiger partial charge in [-0.25, -0.2) is 14.3 Å². The molecule has 0 fully saturated rings. The van der Waals surface area contributed by atoms with Crippen LogP contribution in [0.15, 0.2) is 46.6 Å². The van der Waals surface area contributed by atoms with Gasteiger partial charge in [0.2, 0.25) is 0 Å². The number of nitrogens with zero attached hydrogens (tertiary/aromatic N) is 3. The maximum absolute atomic E-state index is 12.5. The molecule has 0 aliphatic rings. The molecule has 0 saturated carbocycles. The lowest BCUT2D eigenvalue weighted by Crippen LogP contribution is -2.19. The van der Waals surface area contributed by atoms with E-state index in [4.69, 9.17) is 9.47 Å². The number of benzene rings is 1. The molecule has 0 amide bonds. The van der Waals surface area contributed by atoms with Crippen molar-refractivity contribution in [2.45, 2.75) is 35.8 Å². The van der Waals surface area contributed by atoms with Crippen LogP contribution in [0.4, 0.5) is 18.0 Å². The van der Waals surface area contributed by atoms with Crippen molar-refractivity contribution in [1.29, 1.82) is 0 Å². The van der Waals surface area contributed by atoms with E-state index in [0.717, 1.165) is 16.2 Å². The standard InChI is InChI=1S/C23H26F3N3O4S2/c1-3-33-22(30)29-19-7-5-4-6-17(19)28-21(29)35-14-18-16(2)20(8-9-27-18)34-13-12-31-10-11-32-15-23(24,25)26/h4-9H,3,10-15H2,1-2H3. The molecule has 0 spiro atoms. The van der Waals surface area contributed by atoms with Crippen LogP contribution in [0.2, 0.25) is 0 Å². The fourth-order valence-corrected chi connectivity index (χ4v) is 5.01. The first-order chi connectivity index (χ1) is 16.8. The van der Waals surface area contributed by atoms with Crippen molar-refractivity contribution in [3.05, 3.63) is 47.8 Å². The Labute approximate surface area is 209 Å². The molecule has 0 aliphatic carbocycles. The summed E-state index contributed by atoms with van der Waals surface area (Å²) in [5.41, 5.74) is 3.27. The van der Waals surface area contributed by atoms with Crippen LogP contribution in [0.25, 0.3) is 11.0 Å². The van der Waals surface area contributed by atoms with E-state index >= 15 is 0 Å². The van der Waals surface area contributed by atoms with Crippen LogP contribution in [-0.2, 0) is 20.0 Å². The highest BCUT2D eigenvalue weighted by Gasteiger charge is 2.27. The molecule has 190 valence electrons. The number of imidazole rings is 1. The van der Waals surface area contributed by atoms with Gasteiger partial charge in [-0.3, -0.25) is 4.98 Å². The number of hydrogen-bond donors (Lipinski definition) is 0. The van der Waals surface area contributed by atoms with E-state index in [9.17, 15) is 18.0 Å². The quantitative estimate of drug-likeness (QED) is 0.218. The lowest BCUT2D eigenvalue weighted by atomic mass is 10.2. The average Bonchev–Trinajstić information content (AvgIpc) is 3.19. The van der Waals surface area contributed by atoms with E-state index in [1.807, 2.05) is 37.3 Å². The zero-order valence-electron chi connectivity index (χ0n) is 19.3. The Morgan fingerprint density at radius 3 is 2.63 bits per heavy atom. The van der Waals surface area contributed by atoms with Gasteiger partial charge in [0.1, 0.15) is 6.61 Å². The van der Waals surface area contributed by atoms with Crippen LogP contribution < -0.4 is 0 Å². The van der Waals surface area contributed by atoms with Crippen LogP contribution in [0, 0.1) is 6.92 Å². The average molecular weight is 530 g/mol. The number of para-hydroxylation sites is 2. The van der Waals surface area contributed by atoms with Crippen molar-refractivity contribution >= 4 is 40.7 Å². The van der Waals surface area contributed by atoms with Gasteiger partial charge in [0, 0.05) is 22.6 Å². The predicted molar refractivity (Wildman–Crippen MR) is 129 cm³/mol. The van der Waals surface area contributed by atoms with Crippen molar-refractivity contribution in [2.24, 2.45) is 0 Å². The summed E-state index contributed by atoms with van der Waals surface area (Å²) in [6, 6.07) is 9.30. The second-order valence-electron chi connectivity index (χ2n) is 7.22. The molecular formula is C23H26F3N3O4S2. The number of fused-ring (bicyclic) bond motifs is 1. The third-order valence-electron chi connectivity index (χ3n) is 4.70. The number of carbonyl (C=O) groups excluding carboxylic acids is 1. The van der Waals surface area contributed by atoms with Crippen LogP contribution in [0.1, 0.15) is 18.2 Å². The molecule has 1 aromatic carbocycles. The fraction of sp³-hybridized carbons (Fsp3) is 0.435. The number of thioether (sulfide) groups is 2. The van der Waals surface area contributed by atoms with Crippen LogP contribution in [0.5, 0.6) is 0 Å². The van der Waals surface area contributed by atoms with E-state index in [0.29, 0.717) is 34.3 Å². The molecule has 0 aliphatic heterocycles. The first-order valence-electron chi connectivity index (χ1n) is 10.9. The summed E-state index contributed by atoms with van der Waals surface area (Å²) < 4.78 is 52.6. The molecular weight excluding hydrogens is 503 g/mol. The molecule has 0 bridgehead atoms. The highest BCUT2D eigenvalue weighted by molar-refractivity contribution is 7.99. The van der Waals surface area contributed by atoms with Crippen molar-refractivity contribution in [3.63, 3.8) is 0 Å². The Kier molecular flexibility index (Phi) is 10.3. The van der Waals surface area contributed by atoms with Gasteiger partial charge >= 0.3 is 12.3 Å². The zero-order valence-corrected chi connectivity index (χ0v) is 21.0. The lowest BCUT2D eigenvalue weighted by molar-refractivity contribution is -0.176. The van der Waals surface area contributed by atoms with Gasteiger partial charge in [-0.2, -0.15) is 13.2 Å². The van der Waals surface area contributed by atoms with E-state index < -0.39 is 18.9 Å². The summed E-state index contributed by atoms with van der Waals surface area (Å²) in [6.45, 7) is 3.12. The summed E-state index contributed by atoms with van der Waals surface area (Å²) in [4.78, 5) is 22.7. The number of halogens is 3. The Morgan fingerprint density at radius 2 is 1.86 bits per heavy atom. The Hall–Kier alpha value is -2.28. The van der Waals surface area contributed by atoms with Gasteiger partial charge in [0.15, 0.2) is 5.16 Å². The third-order valence-corrected chi connectivity index (χ3v) is 6.77. The minimum Gasteiger partial charge on any atom is -0.449 e. The molecule has 35 heavy (non-hydrogen) atoms. The van der Waals surface area contributed by atoms with Gasteiger partial charge in [-0.05, 0) is 37.6 Å². The zero-order chi connectivity index (χ0) is 25.3. The minimum absolute atomic E-state index is 0.101. The van der Waals surface area contributed by atoms with Gasteiger partial charge < -0.3 is 14.2 Å². The molecule has 0 saturated heterocycles. The van der Waals surface area contributed by atoms with Crippen molar-refractivity contribution in [1.82, 2.24) is 14.5 Å². The van der Waals surface area contributed by atoms with Crippen LogP contribution in [0.3, 0.4) is 0 Å². The SMILES string of the molecule is CCOC(=O)n1c(SCc2nccc(SCCOCCOCC(F)(F)F)c2C)nc2ccccc21. The molecule has 0 unspecified atom stereocenters. The molecule has 3 aromatic rings. The number of alkyl halides is 3. The maximum atomic E-state index is 12.5. The van der Waals surface area contributed by atoms with Gasteiger partial charge in [0.25, 0.3) is 0 Å². The topological polar surface area (TPSA) is 75.5 Å². The Morgan fingerprint density at radius 1 is 1.09 bits per heavy atom. The first-order valence-corrected chi connectivity index (χ1v) is 12.8. The Bertz CT molecular complexity index is 1130. The van der Waals surface area contributed by atoms with E-state index in [1.54, 1.807) is 24.9 Å². The second kappa shape index (κ2) is 13.1. The summed E-state index contributed by atoms with van der Waals surface area (Å²) in [6.07, 6.45) is -3.07. The number of carbonyl (C=O) groups is 1. The van der Waals surface area contributed by atoms with Crippen molar-refractivity contribution in [3.8, 4) is 0 Å². The Balaban J connectivity index is 1.55. The summed E-state index contributed by atoms with van der Waals surface area (Å²) in [5, 5.41) is 0.532. The maximum Gasteiger partial charge on any atom is 0.420 e. The van der Waals surface area contributed by atoms with E-state index in [1.165, 1.54) is 16.3 Å². The number of pyridine rings is 1. The molecule has 0 N–H and O–H groups in total. The second-order valence-corrected chi connectivity index (χ2v) is 9.29. The van der Waals surface area contributed by atoms with Crippen molar-refractivity contribution < 1.29 is 32.2 Å². The highest BCUT2D eigenvalue weighted by Crippen LogP contribution is 2.30. The number of rotatable bonds is 12. The largest absolute Gasteiger partial charge is 0.449 e. The molecule has 2 aromatic heterocycles. The number of hydrogen-bond acceptors (Lipinski definition) is 8. The number of ether oxygens (including phenoxy) is 3. The summed E-state index contributed by atoms with van der Waals surface area (Å²) in [5.74, 6) is 1.14. The molecule has 0 radical (unpaired) electrons. The van der Waals surface area contributed by atoms with Crippen LogP contribution in [-0.4, -0.2) is 65.6 Å². The monoisotopic (exact) mass is 529 g/mol. The highest BCUT2D eigenvalue weighted by atomic mass is 32.2. The summed E-state index contributed by atoms with van der Waals surface area (Å²) >= 11 is 2.98. The van der Waals surface area contributed by atoms with E-state index in [-0.39, 0.29) is 19.8 Å². The predicted octanol–water partition coefficient (Wildman–Crippen LogP) is 5.72. The van der Waals surface area contributed by atoms with Gasteiger partial charge in [-0.1, -0.05) is 23.9 Å². The van der Waals surface area contributed by atoms with Gasteiger partial charge in [-0.15, -0.1) is 11.8 Å². The van der Waals surface area contributed by atoms with Crippen molar-refractivity contribution in [2.75, 3.05) is 38.8 Å². The summed E-state index contributed by atoms with van der Waals surface area (Å²) in [7, 11) is 0.